The van der Waals surface area contributed by atoms with Crippen LogP contribution in [0, 0.1) is 6.92 Å². The average Bonchev–Trinajstić information content (AvgIpc) is 2.88. The van der Waals surface area contributed by atoms with Crippen LogP contribution in [0.2, 0.25) is 0 Å². The lowest BCUT2D eigenvalue weighted by atomic mass is 10.1. The molecule has 3 nitrogen and oxygen atoms in total. The van der Waals surface area contributed by atoms with Crippen molar-refractivity contribution in [1.29, 1.82) is 0 Å². The largest absolute Gasteiger partial charge is 0.311 e. The van der Waals surface area contributed by atoms with Gasteiger partial charge in [-0.3, -0.25) is 4.68 Å². The van der Waals surface area contributed by atoms with E-state index in [0.29, 0.717) is 0 Å². The molecule has 0 aliphatic rings. The number of aryl methyl sites for hydroxylation is 3. The fraction of sp³-hybridized carbons (Fsp3) is 0.471. The molecule has 0 saturated heterocycles. The molecule has 20 heavy (non-hydrogen) atoms. The molecule has 2 aromatic rings. The van der Waals surface area contributed by atoms with E-state index in [1.165, 1.54) is 22.5 Å². The first-order valence-electron chi connectivity index (χ1n) is 7.55. The minimum Gasteiger partial charge on any atom is -0.311 e. The van der Waals surface area contributed by atoms with Crippen LogP contribution in [0.15, 0.2) is 30.3 Å². The van der Waals surface area contributed by atoms with Crippen molar-refractivity contribution in [2.24, 2.45) is 0 Å². The Labute approximate surface area is 122 Å². The molecule has 1 N–H and O–H groups in total. The van der Waals surface area contributed by atoms with Gasteiger partial charge < -0.3 is 5.32 Å². The first-order chi connectivity index (χ1) is 9.74. The predicted octanol–water partition coefficient (Wildman–Crippen LogP) is 3.11. The Bertz CT molecular complexity index is 543. The van der Waals surface area contributed by atoms with Crippen LogP contribution in [0.1, 0.15) is 36.4 Å². The summed E-state index contributed by atoms with van der Waals surface area (Å²) >= 11 is 0. The highest BCUT2D eigenvalue weighted by Gasteiger charge is 2.05. The summed E-state index contributed by atoms with van der Waals surface area (Å²) in [5.74, 6) is 0. The van der Waals surface area contributed by atoms with E-state index in [1.807, 2.05) is 0 Å². The van der Waals surface area contributed by atoms with Gasteiger partial charge in [0, 0.05) is 13.1 Å². The Hall–Kier alpha value is -1.61. The van der Waals surface area contributed by atoms with Crippen molar-refractivity contribution in [3.05, 3.63) is 52.8 Å². The maximum absolute atomic E-state index is 4.57. The Morgan fingerprint density at radius 1 is 1.20 bits per heavy atom. The van der Waals surface area contributed by atoms with E-state index >= 15 is 0 Å². The van der Waals surface area contributed by atoms with Gasteiger partial charge in [0.2, 0.25) is 0 Å². The predicted molar refractivity (Wildman–Crippen MR) is 83.9 cm³/mol. The van der Waals surface area contributed by atoms with E-state index in [0.717, 1.165) is 32.5 Å². The molecule has 0 aliphatic carbocycles. The van der Waals surface area contributed by atoms with Crippen molar-refractivity contribution in [3.63, 3.8) is 0 Å². The van der Waals surface area contributed by atoms with Gasteiger partial charge in [-0.2, -0.15) is 5.10 Å². The van der Waals surface area contributed by atoms with Gasteiger partial charge in [0.1, 0.15) is 0 Å². The second-order valence-corrected chi connectivity index (χ2v) is 5.15. The zero-order chi connectivity index (χ0) is 14.4. The standard InChI is InChI=1S/C17H25N3/c1-4-16-12-17(20(5-2)19-16)13-18-11-10-15-9-7-6-8-14(15)3/h6-9,12,18H,4-5,10-11,13H2,1-3H3. The van der Waals surface area contributed by atoms with E-state index in [4.69, 9.17) is 0 Å². The zero-order valence-corrected chi connectivity index (χ0v) is 12.8. The second-order valence-electron chi connectivity index (χ2n) is 5.15. The first kappa shape index (κ1) is 14.8. The topological polar surface area (TPSA) is 29.9 Å². The summed E-state index contributed by atoms with van der Waals surface area (Å²) in [6.45, 7) is 9.30. The van der Waals surface area contributed by atoms with E-state index < -0.39 is 0 Å². The van der Waals surface area contributed by atoms with E-state index in [2.05, 4.69) is 66.2 Å². The minimum absolute atomic E-state index is 0.896. The fourth-order valence-electron chi connectivity index (χ4n) is 2.43. The molecule has 0 atom stereocenters. The summed E-state index contributed by atoms with van der Waals surface area (Å²) in [5, 5.41) is 8.10. The number of rotatable bonds is 7. The molecule has 1 aromatic heterocycles. The zero-order valence-electron chi connectivity index (χ0n) is 12.8. The van der Waals surface area contributed by atoms with Crippen LogP contribution >= 0.6 is 0 Å². The average molecular weight is 271 g/mol. The van der Waals surface area contributed by atoms with Crippen LogP contribution in [-0.4, -0.2) is 16.3 Å². The lowest BCUT2D eigenvalue weighted by Gasteiger charge is -2.08. The molecular weight excluding hydrogens is 246 g/mol. The van der Waals surface area contributed by atoms with Crippen LogP contribution in [0.25, 0.3) is 0 Å². The highest BCUT2D eigenvalue weighted by Crippen LogP contribution is 2.08. The van der Waals surface area contributed by atoms with Gasteiger partial charge in [-0.05, 0) is 50.4 Å². The molecular formula is C17H25N3. The van der Waals surface area contributed by atoms with Gasteiger partial charge in [-0.25, -0.2) is 0 Å². The molecule has 0 fully saturated rings. The third kappa shape index (κ3) is 3.70. The molecule has 0 spiro atoms. The van der Waals surface area contributed by atoms with E-state index in [-0.39, 0.29) is 0 Å². The maximum Gasteiger partial charge on any atom is 0.0625 e. The van der Waals surface area contributed by atoms with Gasteiger partial charge in [-0.15, -0.1) is 0 Å². The van der Waals surface area contributed by atoms with Crippen molar-refractivity contribution in [1.82, 2.24) is 15.1 Å². The van der Waals surface area contributed by atoms with Crippen LogP contribution in [0.3, 0.4) is 0 Å². The molecule has 3 heteroatoms. The van der Waals surface area contributed by atoms with E-state index in [9.17, 15) is 0 Å². The number of hydrogen-bond acceptors (Lipinski definition) is 2. The lowest BCUT2D eigenvalue weighted by Crippen LogP contribution is -2.19. The molecule has 108 valence electrons. The van der Waals surface area contributed by atoms with Crippen LogP contribution in [0.4, 0.5) is 0 Å². The minimum atomic E-state index is 0.896. The van der Waals surface area contributed by atoms with Gasteiger partial charge in [0.25, 0.3) is 0 Å². The third-order valence-electron chi connectivity index (χ3n) is 3.71. The number of nitrogens with one attached hydrogen (secondary N) is 1. The van der Waals surface area contributed by atoms with Gasteiger partial charge in [0.05, 0.1) is 11.4 Å². The van der Waals surface area contributed by atoms with Crippen molar-refractivity contribution >= 4 is 0 Å². The number of hydrogen-bond donors (Lipinski definition) is 1. The molecule has 0 amide bonds. The van der Waals surface area contributed by atoms with Crippen molar-refractivity contribution in [2.45, 2.75) is 46.7 Å². The molecule has 0 unspecified atom stereocenters. The van der Waals surface area contributed by atoms with Crippen LogP contribution in [-0.2, 0) is 25.9 Å². The summed E-state index contributed by atoms with van der Waals surface area (Å²) in [4.78, 5) is 0. The van der Waals surface area contributed by atoms with Crippen LogP contribution < -0.4 is 5.32 Å². The van der Waals surface area contributed by atoms with Crippen LogP contribution in [0.5, 0.6) is 0 Å². The van der Waals surface area contributed by atoms with Crippen molar-refractivity contribution < 1.29 is 0 Å². The lowest BCUT2D eigenvalue weighted by molar-refractivity contribution is 0.578. The molecule has 2 rings (SSSR count). The Kier molecular flexibility index (Phi) is 5.36. The second kappa shape index (κ2) is 7.25. The maximum atomic E-state index is 4.57. The normalized spacial score (nSPS) is 10.9. The summed E-state index contributed by atoms with van der Waals surface area (Å²) in [6.07, 6.45) is 2.08. The molecule has 0 bridgehead atoms. The summed E-state index contributed by atoms with van der Waals surface area (Å²) in [7, 11) is 0. The van der Waals surface area contributed by atoms with Gasteiger partial charge in [0.15, 0.2) is 0 Å². The molecule has 0 aliphatic heterocycles. The van der Waals surface area contributed by atoms with Gasteiger partial charge >= 0.3 is 0 Å². The number of benzene rings is 1. The Morgan fingerprint density at radius 3 is 2.70 bits per heavy atom. The Morgan fingerprint density at radius 2 is 2.00 bits per heavy atom. The number of nitrogens with zero attached hydrogens (tertiary/aromatic N) is 2. The van der Waals surface area contributed by atoms with Crippen molar-refractivity contribution in [2.75, 3.05) is 6.54 Å². The van der Waals surface area contributed by atoms with Gasteiger partial charge in [-0.1, -0.05) is 31.2 Å². The summed E-state index contributed by atoms with van der Waals surface area (Å²) in [6, 6.07) is 10.8. The third-order valence-corrected chi connectivity index (χ3v) is 3.71. The first-order valence-corrected chi connectivity index (χ1v) is 7.55. The summed E-state index contributed by atoms with van der Waals surface area (Å²) in [5.41, 5.74) is 5.27. The SMILES string of the molecule is CCc1cc(CNCCc2ccccc2C)n(CC)n1. The number of aromatic nitrogens is 2. The molecule has 1 heterocycles. The molecule has 0 saturated carbocycles. The highest BCUT2D eigenvalue weighted by atomic mass is 15.3. The smallest absolute Gasteiger partial charge is 0.0625 e. The summed E-state index contributed by atoms with van der Waals surface area (Å²) < 4.78 is 2.10. The fourth-order valence-corrected chi connectivity index (χ4v) is 2.43. The van der Waals surface area contributed by atoms with E-state index in [1.54, 1.807) is 0 Å². The molecule has 1 aromatic carbocycles. The molecule has 0 radical (unpaired) electrons. The van der Waals surface area contributed by atoms with Crippen molar-refractivity contribution in [3.8, 4) is 0 Å². The quantitative estimate of drug-likeness (QED) is 0.784. The highest BCUT2D eigenvalue weighted by molar-refractivity contribution is 5.25. The Balaban J connectivity index is 1.84. The monoisotopic (exact) mass is 271 g/mol.